The molecule has 1 fully saturated rings. The molecule has 3 N–H and O–H groups in total. The van der Waals surface area contributed by atoms with E-state index in [0.717, 1.165) is 34.4 Å². The number of carbonyl (C=O) groups is 1. The number of nitrogens with one attached hydrogen (secondary N) is 3. The first-order chi connectivity index (χ1) is 10.6. The normalized spacial score (nSPS) is 13.5. The summed E-state index contributed by atoms with van der Waals surface area (Å²) in [5, 5.41) is 9.11. The topological polar surface area (TPSA) is 53.2 Å². The Labute approximate surface area is 138 Å². The summed E-state index contributed by atoms with van der Waals surface area (Å²) in [4.78, 5) is 11.7. The van der Waals surface area contributed by atoms with E-state index in [9.17, 15) is 4.79 Å². The monoisotopic (exact) mass is 359 g/mol. The largest absolute Gasteiger partial charge is 0.355 e. The molecule has 0 radical (unpaired) electrons. The minimum Gasteiger partial charge on any atom is -0.355 e. The lowest BCUT2D eigenvalue weighted by Gasteiger charge is -2.11. The second kappa shape index (κ2) is 6.40. The second-order valence-electron chi connectivity index (χ2n) is 5.53. The molecule has 0 atom stereocenters. The molecule has 1 aliphatic rings. The van der Waals surface area contributed by atoms with Crippen molar-refractivity contribution in [3.63, 3.8) is 0 Å². The summed E-state index contributed by atoms with van der Waals surface area (Å²) < 4.78 is 1.07. The first-order valence-electron chi connectivity index (χ1n) is 7.31. The van der Waals surface area contributed by atoms with Crippen molar-refractivity contribution in [2.24, 2.45) is 0 Å². The number of halogens is 1. The third-order valence-corrected chi connectivity index (χ3v) is 4.02. The molecule has 0 bridgehead atoms. The lowest BCUT2D eigenvalue weighted by Crippen LogP contribution is -2.30. The van der Waals surface area contributed by atoms with Gasteiger partial charge in [0.15, 0.2) is 0 Å². The van der Waals surface area contributed by atoms with Crippen molar-refractivity contribution in [1.82, 2.24) is 5.32 Å². The number of hydrogen-bond acceptors (Lipinski definition) is 2. The number of carbonyl (C=O) groups excluding carboxylic acids is 1. The fraction of sp³-hybridized carbons (Fsp3) is 0.235. The molecule has 2 amide bonds. The summed E-state index contributed by atoms with van der Waals surface area (Å²) in [7, 11) is 0. The summed E-state index contributed by atoms with van der Waals surface area (Å²) in [5.41, 5.74) is 4.01. The van der Waals surface area contributed by atoms with Gasteiger partial charge in [-0.05, 0) is 67.8 Å². The molecule has 114 valence electrons. The van der Waals surface area contributed by atoms with Crippen LogP contribution in [-0.2, 0) is 0 Å². The van der Waals surface area contributed by atoms with Gasteiger partial charge in [-0.25, -0.2) is 4.79 Å². The Hall–Kier alpha value is -2.01. The Balaban J connectivity index is 1.62. The van der Waals surface area contributed by atoms with Crippen molar-refractivity contribution < 1.29 is 4.79 Å². The van der Waals surface area contributed by atoms with Crippen LogP contribution in [0, 0.1) is 6.92 Å². The van der Waals surface area contributed by atoms with Gasteiger partial charge in [-0.1, -0.05) is 15.9 Å². The zero-order valence-corrected chi connectivity index (χ0v) is 13.9. The molecule has 1 aliphatic carbocycles. The van der Waals surface area contributed by atoms with E-state index in [1.54, 1.807) is 0 Å². The highest BCUT2D eigenvalue weighted by molar-refractivity contribution is 9.10. The molecule has 22 heavy (non-hydrogen) atoms. The predicted octanol–water partition coefficient (Wildman–Crippen LogP) is 4.79. The Morgan fingerprint density at radius 3 is 2.41 bits per heavy atom. The Kier molecular flexibility index (Phi) is 4.34. The van der Waals surface area contributed by atoms with Crippen molar-refractivity contribution in [3.05, 3.63) is 52.5 Å². The SMILES string of the molecule is Cc1cc(Br)ccc1Nc1ccc(NC(=O)NC2CC2)cc1. The summed E-state index contributed by atoms with van der Waals surface area (Å²) >= 11 is 3.46. The van der Waals surface area contributed by atoms with Crippen LogP contribution in [0.5, 0.6) is 0 Å². The van der Waals surface area contributed by atoms with Gasteiger partial charge in [0.2, 0.25) is 0 Å². The van der Waals surface area contributed by atoms with E-state index >= 15 is 0 Å². The highest BCUT2D eigenvalue weighted by atomic mass is 79.9. The number of aryl methyl sites for hydroxylation is 1. The molecule has 0 aromatic heterocycles. The predicted molar refractivity (Wildman–Crippen MR) is 93.8 cm³/mol. The van der Waals surface area contributed by atoms with Crippen molar-refractivity contribution in [3.8, 4) is 0 Å². The minimum absolute atomic E-state index is 0.132. The Morgan fingerprint density at radius 1 is 1.09 bits per heavy atom. The maximum atomic E-state index is 11.7. The third-order valence-electron chi connectivity index (χ3n) is 3.52. The van der Waals surface area contributed by atoms with E-state index in [2.05, 4.69) is 44.9 Å². The van der Waals surface area contributed by atoms with Crippen LogP contribution in [0.15, 0.2) is 46.9 Å². The number of urea groups is 1. The van der Waals surface area contributed by atoms with Gasteiger partial charge >= 0.3 is 6.03 Å². The molecular weight excluding hydrogens is 342 g/mol. The van der Waals surface area contributed by atoms with Crippen molar-refractivity contribution in [1.29, 1.82) is 0 Å². The molecule has 0 unspecified atom stereocenters. The first kappa shape index (κ1) is 14.9. The van der Waals surface area contributed by atoms with E-state index < -0.39 is 0 Å². The zero-order chi connectivity index (χ0) is 15.5. The minimum atomic E-state index is -0.132. The number of anilines is 3. The number of benzene rings is 2. The van der Waals surface area contributed by atoms with Gasteiger partial charge in [0.05, 0.1) is 0 Å². The van der Waals surface area contributed by atoms with Gasteiger partial charge in [-0.15, -0.1) is 0 Å². The molecule has 5 heteroatoms. The van der Waals surface area contributed by atoms with Crippen LogP contribution < -0.4 is 16.0 Å². The standard InChI is InChI=1S/C17H18BrN3O/c1-11-10-12(18)2-9-16(11)19-13-3-5-14(6-4-13)20-17(22)21-15-7-8-15/h2-6,9-10,15,19H,7-8H2,1H3,(H2,20,21,22). The summed E-state index contributed by atoms with van der Waals surface area (Å²) in [6.07, 6.45) is 2.17. The lowest BCUT2D eigenvalue weighted by atomic mass is 10.2. The van der Waals surface area contributed by atoms with E-state index in [1.165, 1.54) is 5.56 Å². The fourth-order valence-corrected chi connectivity index (χ4v) is 2.62. The molecule has 0 spiro atoms. The second-order valence-corrected chi connectivity index (χ2v) is 6.45. The van der Waals surface area contributed by atoms with E-state index in [4.69, 9.17) is 0 Å². The quantitative estimate of drug-likeness (QED) is 0.735. The molecule has 2 aromatic carbocycles. The van der Waals surface area contributed by atoms with Gasteiger partial charge in [0, 0.05) is 27.6 Å². The number of rotatable bonds is 4. The van der Waals surface area contributed by atoms with Gasteiger partial charge in [0.1, 0.15) is 0 Å². The van der Waals surface area contributed by atoms with E-state index in [1.807, 2.05) is 36.4 Å². The molecule has 3 rings (SSSR count). The molecule has 0 heterocycles. The average molecular weight is 360 g/mol. The van der Waals surface area contributed by atoms with Crippen LogP contribution >= 0.6 is 15.9 Å². The van der Waals surface area contributed by atoms with Crippen LogP contribution in [0.3, 0.4) is 0 Å². The number of amides is 2. The van der Waals surface area contributed by atoms with E-state index in [0.29, 0.717) is 6.04 Å². The van der Waals surface area contributed by atoms with Gasteiger partial charge in [-0.3, -0.25) is 0 Å². The highest BCUT2D eigenvalue weighted by Gasteiger charge is 2.23. The summed E-state index contributed by atoms with van der Waals surface area (Å²) in [5.74, 6) is 0. The zero-order valence-electron chi connectivity index (χ0n) is 12.3. The van der Waals surface area contributed by atoms with Crippen LogP contribution in [0.4, 0.5) is 21.9 Å². The Bertz CT molecular complexity index is 681. The molecule has 4 nitrogen and oxygen atoms in total. The van der Waals surface area contributed by atoms with Crippen molar-refractivity contribution in [2.45, 2.75) is 25.8 Å². The van der Waals surface area contributed by atoms with Crippen molar-refractivity contribution >= 4 is 39.0 Å². The van der Waals surface area contributed by atoms with E-state index in [-0.39, 0.29) is 6.03 Å². The molecular formula is C17H18BrN3O. The van der Waals surface area contributed by atoms with Crippen LogP contribution in [0.1, 0.15) is 18.4 Å². The molecule has 0 saturated heterocycles. The maximum Gasteiger partial charge on any atom is 0.319 e. The highest BCUT2D eigenvalue weighted by Crippen LogP contribution is 2.24. The first-order valence-corrected chi connectivity index (χ1v) is 8.10. The smallest absolute Gasteiger partial charge is 0.319 e. The van der Waals surface area contributed by atoms with Crippen LogP contribution in [0.2, 0.25) is 0 Å². The van der Waals surface area contributed by atoms with Crippen LogP contribution in [-0.4, -0.2) is 12.1 Å². The molecule has 1 saturated carbocycles. The lowest BCUT2D eigenvalue weighted by molar-refractivity contribution is 0.251. The third kappa shape index (κ3) is 4.01. The number of hydrogen-bond donors (Lipinski definition) is 3. The van der Waals surface area contributed by atoms with Crippen molar-refractivity contribution in [2.75, 3.05) is 10.6 Å². The molecule has 0 aliphatic heterocycles. The average Bonchev–Trinajstić information content (AvgIpc) is 3.28. The van der Waals surface area contributed by atoms with Crippen LogP contribution in [0.25, 0.3) is 0 Å². The van der Waals surface area contributed by atoms with Gasteiger partial charge in [-0.2, -0.15) is 0 Å². The summed E-state index contributed by atoms with van der Waals surface area (Å²) in [6.45, 7) is 2.06. The molecule has 2 aromatic rings. The summed E-state index contributed by atoms with van der Waals surface area (Å²) in [6, 6.07) is 14.0. The maximum absolute atomic E-state index is 11.7. The van der Waals surface area contributed by atoms with Gasteiger partial charge < -0.3 is 16.0 Å². The Morgan fingerprint density at radius 2 is 1.77 bits per heavy atom. The fourth-order valence-electron chi connectivity index (χ4n) is 2.14. The van der Waals surface area contributed by atoms with Gasteiger partial charge in [0.25, 0.3) is 0 Å².